The lowest BCUT2D eigenvalue weighted by Gasteiger charge is -2.22. The summed E-state index contributed by atoms with van der Waals surface area (Å²) in [4.78, 5) is 23.2. The minimum atomic E-state index is -1.67. The number of alkyl halides is 1. The lowest BCUT2D eigenvalue weighted by Crippen LogP contribution is -2.42. The van der Waals surface area contributed by atoms with Crippen LogP contribution in [0.2, 0.25) is 0 Å². The zero-order chi connectivity index (χ0) is 27.6. The number of fused-ring (bicyclic) bond motifs is 1. The third kappa shape index (κ3) is 5.41. The third-order valence-corrected chi connectivity index (χ3v) is 5.90. The largest absolute Gasteiger partial charge is 0.387 e. The molecule has 5 rings (SSSR count). The van der Waals surface area contributed by atoms with E-state index >= 15 is 0 Å². The predicted octanol–water partition coefficient (Wildman–Crippen LogP) is 2.83. The smallest absolute Gasteiger partial charge is 0.255 e. The van der Waals surface area contributed by atoms with Crippen LogP contribution in [0.4, 0.5) is 15.8 Å². The van der Waals surface area contributed by atoms with Crippen molar-refractivity contribution in [3.05, 3.63) is 78.5 Å². The number of nitrogens with one attached hydrogen (secondary N) is 2. The van der Waals surface area contributed by atoms with Gasteiger partial charge in [0.1, 0.15) is 12.2 Å². The van der Waals surface area contributed by atoms with Gasteiger partial charge in [-0.05, 0) is 50.2 Å². The molecule has 0 aliphatic heterocycles. The SMILES string of the molecule is CC(C)(O)C(F)CNC(=O)c1cnc(-c2ccc3cc(C#N)cnn23)cc1Nc1ccc(-n2nccn2)nc1. The molecule has 0 bridgehead atoms. The van der Waals surface area contributed by atoms with Gasteiger partial charge in [-0.25, -0.2) is 13.9 Å². The monoisotopic (exact) mass is 526 g/mol. The molecular weight excluding hydrogens is 503 g/mol. The van der Waals surface area contributed by atoms with Gasteiger partial charge in [-0.2, -0.15) is 20.6 Å². The van der Waals surface area contributed by atoms with Gasteiger partial charge in [0.25, 0.3) is 5.91 Å². The molecule has 196 valence electrons. The second kappa shape index (κ2) is 10.3. The fraction of sp³-hybridized carbons (Fsp3) is 0.192. The Hall–Kier alpha value is -5.22. The van der Waals surface area contributed by atoms with E-state index in [-0.39, 0.29) is 12.1 Å². The molecule has 0 radical (unpaired) electrons. The molecule has 0 saturated carbocycles. The van der Waals surface area contributed by atoms with Gasteiger partial charge in [-0.1, -0.05) is 0 Å². The van der Waals surface area contributed by atoms with E-state index in [1.165, 1.54) is 31.0 Å². The van der Waals surface area contributed by atoms with E-state index in [0.717, 1.165) is 0 Å². The van der Waals surface area contributed by atoms with Crippen molar-refractivity contribution >= 4 is 22.8 Å². The number of halogens is 1. The van der Waals surface area contributed by atoms with E-state index in [1.54, 1.807) is 53.4 Å². The van der Waals surface area contributed by atoms with Crippen LogP contribution >= 0.6 is 0 Å². The summed E-state index contributed by atoms with van der Waals surface area (Å²) in [5, 5.41) is 37.2. The highest BCUT2D eigenvalue weighted by Gasteiger charge is 2.27. The Balaban J connectivity index is 1.49. The van der Waals surface area contributed by atoms with Gasteiger partial charge in [-0.3, -0.25) is 9.78 Å². The molecule has 5 aromatic heterocycles. The molecule has 1 unspecified atom stereocenters. The standard InChI is InChI=1S/C26H23FN10O2/c1-26(2,39)23(27)15-31-25(38)19-14-29-21(22-5-4-18-9-16(11-28)12-34-36(18)22)10-20(19)35-17-3-6-24(30-13-17)37-32-7-8-33-37/h3-10,12-14,23,39H,15H2,1-2H3,(H,29,35)(H,31,38). The number of amides is 1. The summed E-state index contributed by atoms with van der Waals surface area (Å²) in [5.41, 5.74) is 1.75. The summed E-state index contributed by atoms with van der Waals surface area (Å²) in [7, 11) is 0. The average molecular weight is 527 g/mol. The lowest BCUT2D eigenvalue weighted by molar-refractivity contribution is -0.00177. The number of carbonyl (C=O) groups excluding carboxylic acids is 1. The van der Waals surface area contributed by atoms with Gasteiger partial charge in [-0.15, -0.1) is 4.80 Å². The summed E-state index contributed by atoms with van der Waals surface area (Å²) >= 11 is 0. The van der Waals surface area contributed by atoms with Crippen molar-refractivity contribution in [2.45, 2.75) is 25.6 Å². The molecule has 3 N–H and O–H groups in total. The van der Waals surface area contributed by atoms with E-state index in [9.17, 15) is 14.3 Å². The molecule has 0 aliphatic carbocycles. The Morgan fingerprint density at radius 2 is 1.90 bits per heavy atom. The maximum absolute atomic E-state index is 14.3. The van der Waals surface area contributed by atoms with E-state index in [1.807, 2.05) is 6.07 Å². The Morgan fingerprint density at radius 3 is 2.59 bits per heavy atom. The topological polar surface area (TPSA) is 159 Å². The number of hydrogen-bond donors (Lipinski definition) is 3. The van der Waals surface area contributed by atoms with Crippen molar-refractivity contribution in [2.75, 3.05) is 11.9 Å². The van der Waals surface area contributed by atoms with Gasteiger partial charge in [0.2, 0.25) is 0 Å². The predicted molar refractivity (Wildman–Crippen MR) is 139 cm³/mol. The minimum Gasteiger partial charge on any atom is -0.387 e. The first-order chi connectivity index (χ1) is 18.7. The van der Waals surface area contributed by atoms with Crippen LogP contribution in [0.15, 0.2) is 67.4 Å². The Bertz CT molecular complexity index is 1670. The van der Waals surface area contributed by atoms with Gasteiger partial charge in [0.15, 0.2) is 5.82 Å². The molecule has 13 heteroatoms. The Morgan fingerprint density at radius 1 is 1.10 bits per heavy atom. The summed E-state index contributed by atoms with van der Waals surface area (Å²) in [6, 6.07) is 12.5. The van der Waals surface area contributed by atoms with Crippen molar-refractivity contribution in [3.8, 4) is 23.3 Å². The fourth-order valence-corrected chi connectivity index (χ4v) is 3.73. The first-order valence-corrected chi connectivity index (χ1v) is 11.9. The van der Waals surface area contributed by atoms with Crippen LogP contribution in [0.5, 0.6) is 0 Å². The van der Waals surface area contributed by atoms with Crippen LogP contribution in [0.1, 0.15) is 29.8 Å². The van der Waals surface area contributed by atoms with Gasteiger partial charge in [0.05, 0.1) is 76.3 Å². The van der Waals surface area contributed by atoms with Crippen molar-refractivity contribution in [3.63, 3.8) is 0 Å². The summed E-state index contributed by atoms with van der Waals surface area (Å²) in [6.45, 7) is 2.28. The zero-order valence-electron chi connectivity index (χ0n) is 20.9. The molecule has 0 aliphatic rings. The summed E-state index contributed by atoms with van der Waals surface area (Å²) in [5.74, 6) is -0.0763. The Labute approximate surface area is 221 Å². The number of nitrogens with zero attached hydrogens (tertiary/aromatic N) is 8. The maximum atomic E-state index is 14.3. The maximum Gasteiger partial charge on any atom is 0.255 e. The van der Waals surface area contributed by atoms with Crippen LogP contribution in [0, 0.1) is 11.3 Å². The molecule has 12 nitrogen and oxygen atoms in total. The minimum absolute atomic E-state index is 0.153. The fourth-order valence-electron chi connectivity index (χ4n) is 3.73. The van der Waals surface area contributed by atoms with Crippen LogP contribution in [-0.4, -0.2) is 63.9 Å². The summed E-state index contributed by atoms with van der Waals surface area (Å²) < 4.78 is 15.9. The Kier molecular flexibility index (Phi) is 6.70. The van der Waals surface area contributed by atoms with E-state index in [0.29, 0.717) is 39.7 Å². The number of nitriles is 1. The van der Waals surface area contributed by atoms with Crippen molar-refractivity contribution in [1.82, 2.24) is 39.9 Å². The molecule has 0 aromatic carbocycles. The average Bonchev–Trinajstić information content (AvgIpc) is 3.61. The van der Waals surface area contributed by atoms with Crippen LogP contribution in [0.3, 0.4) is 0 Å². The number of aliphatic hydroxyl groups is 1. The highest BCUT2D eigenvalue weighted by molar-refractivity contribution is 6.00. The molecular formula is C26H23FN10O2. The van der Waals surface area contributed by atoms with E-state index in [4.69, 9.17) is 5.26 Å². The quantitative estimate of drug-likeness (QED) is 0.276. The normalized spacial score (nSPS) is 12.2. The van der Waals surface area contributed by atoms with E-state index in [2.05, 4.69) is 42.0 Å². The molecule has 5 heterocycles. The number of anilines is 2. The van der Waals surface area contributed by atoms with Gasteiger partial charge in [0, 0.05) is 6.20 Å². The zero-order valence-corrected chi connectivity index (χ0v) is 20.9. The first kappa shape index (κ1) is 25.4. The number of carbonyl (C=O) groups is 1. The number of rotatable bonds is 8. The highest BCUT2D eigenvalue weighted by atomic mass is 19.1. The molecule has 0 spiro atoms. The third-order valence-electron chi connectivity index (χ3n) is 5.90. The van der Waals surface area contributed by atoms with Crippen molar-refractivity contribution < 1.29 is 14.3 Å². The van der Waals surface area contributed by atoms with Crippen molar-refractivity contribution in [2.24, 2.45) is 0 Å². The lowest BCUT2D eigenvalue weighted by atomic mass is 10.0. The molecule has 1 amide bonds. The molecule has 0 fully saturated rings. The first-order valence-electron chi connectivity index (χ1n) is 11.9. The number of hydrogen-bond acceptors (Lipinski definition) is 9. The molecule has 0 saturated heterocycles. The van der Waals surface area contributed by atoms with Crippen LogP contribution in [-0.2, 0) is 0 Å². The van der Waals surface area contributed by atoms with Gasteiger partial charge < -0.3 is 15.7 Å². The number of aromatic nitrogens is 7. The molecule has 1 atom stereocenters. The van der Waals surface area contributed by atoms with E-state index < -0.39 is 17.7 Å². The summed E-state index contributed by atoms with van der Waals surface area (Å²) in [6.07, 6.45) is 5.80. The second-order valence-electron chi connectivity index (χ2n) is 9.21. The van der Waals surface area contributed by atoms with Crippen molar-refractivity contribution in [1.29, 1.82) is 5.26 Å². The number of pyridine rings is 2. The molecule has 39 heavy (non-hydrogen) atoms. The highest BCUT2D eigenvalue weighted by Crippen LogP contribution is 2.28. The molecule has 5 aromatic rings. The second-order valence-corrected chi connectivity index (χ2v) is 9.21. The van der Waals surface area contributed by atoms with Crippen LogP contribution in [0.25, 0.3) is 22.7 Å². The van der Waals surface area contributed by atoms with Gasteiger partial charge >= 0.3 is 0 Å². The van der Waals surface area contributed by atoms with Crippen LogP contribution < -0.4 is 10.6 Å².